The van der Waals surface area contributed by atoms with Crippen LogP contribution >= 0.6 is 0 Å². The second-order valence-corrected chi connectivity index (χ2v) is 8.59. The molecule has 0 heterocycles. The number of ether oxygens (including phenoxy) is 3. The van der Waals surface area contributed by atoms with E-state index in [1.807, 2.05) is 31.2 Å². The summed E-state index contributed by atoms with van der Waals surface area (Å²) in [6.07, 6.45) is -4.57. The molecule has 0 aliphatic rings. The monoisotopic (exact) mass is 543 g/mol. The van der Waals surface area contributed by atoms with E-state index >= 15 is 0 Å². The molecular formula is C29H28F3NO6. The summed E-state index contributed by atoms with van der Waals surface area (Å²) in [6.45, 7) is 3.91. The Morgan fingerprint density at radius 3 is 2.18 bits per heavy atom. The Morgan fingerprint density at radius 1 is 0.923 bits per heavy atom. The maximum atomic E-state index is 13.0. The molecule has 0 aromatic heterocycles. The largest absolute Gasteiger partial charge is 0.573 e. The molecule has 7 nitrogen and oxygen atoms in total. The topological polar surface area (TPSA) is 82.1 Å². The summed E-state index contributed by atoms with van der Waals surface area (Å²) in [4.78, 5) is 38.5. The zero-order chi connectivity index (χ0) is 28.6. The quantitative estimate of drug-likeness (QED) is 0.252. The Hall–Kier alpha value is -4.34. The highest BCUT2D eigenvalue weighted by Gasteiger charge is 2.31. The van der Waals surface area contributed by atoms with E-state index in [1.54, 1.807) is 25.1 Å². The van der Waals surface area contributed by atoms with Crippen LogP contribution in [0.4, 0.5) is 18.9 Å². The number of carbonyl (C=O) groups is 3. The predicted octanol–water partition coefficient (Wildman–Crippen LogP) is 5.76. The van der Waals surface area contributed by atoms with Crippen LogP contribution in [0.1, 0.15) is 30.0 Å². The van der Waals surface area contributed by atoms with Crippen LogP contribution in [0.15, 0.2) is 66.7 Å². The van der Waals surface area contributed by atoms with Gasteiger partial charge in [-0.1, -0.05) is 48.0 Å². The van der Waals surface area contributed by atoms with E-state index in [1.165, 1.54) is 29.2 Å². The molecule has 3 rings (SSSR count). The van der Waals surface area contributed by atoms with Gasteiger partial charge < -0.3 is 14.2 Å². The first-order valence-electron chi connectivity index (χ1n) is 12.1. The number of amides is 1. The lowest BCUT2D eigenvalue weighted by atomic mass is 9.95. The van der Waals surface area contributed by atoms with Gasteiger partial charge in [0.25, 0.3) is 0 Å². The predicted molar refractivity (Wildman–Crippen MR) is 138 cm³/mol. The Kier molecular flexibility index (Phi) is 9.70. The van der Waals surface area contributed by atoms with E-state index in [2.05, 4.69) is 9.47 Å². The van der Waals surface area contributed by atoms with Gasteiger partial charge in [0.15, 0.2) is 0 Å². The number of halogens is 3. The minimum Gasteiger partial charge on any atom is -0.466 e. The minimum absolute atomic E-state index is 0.0302. The molecule has 3 aromatic rings. The molecule has 0 saturated heterocycles. The smallest absolute Gasteiger partial charge is 0.466 e. The highest BCUT2D eigenvalue weighted by Crippen LogP contribution is 2.32. The van der Waals surface area contributed by atoms with E-state index in [4.69, 9.17) is 4.74 Å². The lowest BCUT2D eigenvalue weighted by Gasteiger charge is -2.23. The molecule has 0 bridgehead atoms. The number of hydrogen-bond donors (Lipinski definition) is 0. The maximum Gasteiger partial charge on any atom is 0.573 e. The number of methoxy groups -OCH3 is 1. The molecule has 0 N–H and O–H groups in total. The average molecular weight is 544 g/mol. The van der Waals surface area contributed by atoms with E-state index in [0.29, 0.717) is 22.4 Å². The third-order valence-electron chi connectivity index (χ3n) is 5.77. The first kappa shape index (κ1) is 29.2. The number of rotatable bonds is 9. The van der Waals surface area contributed by atoms with Crippen LogP contribution < -0.4 is 9.64 Å². The number of nitrogens with zero attached hydrogens (tertiary/aromatic N) is 1. The summed E-state index contributed by atoms with van der Waals surface area (Å²) < 4.78 is 51.4. The zero-order valence-electron chi connectivity index (χ0n) is 21.7. The normalized spacial score (nSPS) is 11.0. The summed E-state index contributed by atoms with van der Waals surface area (Å²) >= 11 is 0. The standard InChI is InChI=1S/C29H28F3NO6/c1-4-38-26(34)16-11-22-17-23(12-15-25(22)21-9-13-24(14-10-21)39-29(30,31)32)33(27(35)28(36)37-3)18-20-7-5-19(2)6-8-20/h5-10,12-15,17H,4,11,16,18H2,1-3H3. The van der Waals surface area contributed by atoms with Crippen molar-refractivity contribution < 1.29 is 41.8 Å². The fourth-order valence-corrected chi connectivity index (χ4v) is 3.90. The molecule has 0 aliphatic carbocycles. The molecule has 0 saturated carbocycles. The Balaban J connectivity index is 2.03. The summed E-state index contributed by atoms with van der Waals surface area (Å²) in [5.74, 6) is -2.72. The van der Waals surface area contributed by atoms with E-state index in [9.17, 15) is 27.6 Å². The Bertz CT molecular complexity index is 1300. The van der Waals surface area contributed by atoms with Gasteiger partial charge in [0.05, 0.1) is 20.3 Å². The van der Waals surface area contributed by atoms with Crippen LogP contribution in [-0.4, -0.2) is 37.9 Å². The molecule has 1 amide bonds. The van der Waals surface area contributed by atoms with Crippen LogP contribution in [-0.2, 0) is 36.8 Å². The Morgan fingerprint density at radius 2 is 1.59 bits per heavy atom. The third-order valence-corrected chi connectivity index (χ3v) is 5.77. The second kappa shape index (κ2) is 12.9. The SMILES string of the molecule is CCOC(=O)CCc1cc(N(Cc2ccc(C)cc2)C(=O)C(=O)OC)ccc1-c1ccc(OC(F)(F)F)cc1. The van der Waals surface area contributed by atoms with Gasteiger partial charge >= 0.3 is 24.2 Å². The summed E-state index contributed by atoms with van der Waals surface area (Å²) in [6, 6.07) is 17.7. The molecular weight excluding hydrogens is 515 g/mol. The summed E-state index contributed by atoms with van der Waals surface area (Å²) in [7, 11) is 1.12. The fourth-order valence-electron chi connectivity index (χ4n) is 3.90. The van der Waals surface area contributed by atoms with Gasteiger partial charge in [-0.3, -0.25) is 14.5 Å². The molecule has 39 heavy (non-hydrogen) atoms. The second-order valence-electron chi connectivity index (χ2n) is 8.59. The van der Waals surface area contributed by atoms with Crippen molar-refractivity contribution in [3.05, 3.63) is 83.4 Å². The molecule has 0 radical (unpaired) electrons. The van der Waals surface area contributed by atoms with Crippen molar-refractivity contribution in [3.63, 3.8) is 0 Å². The van der Waals surface area contributed by atoms with Crippen LogP contribution in [0.2, 0.25) is 0 Å². The molecule has 0 aliphatic heterocycles. The van der Waals surface area contributed by atoms with Gasteiger partial charge in [0, 0.05) is 12.1 Å². The number of benzene rings is 3. The van der Waals surface area contributed by atoms with Crippen molar-refractivity contribution in [3.8, 4) is 16.9 Å². The van der Waals surface area contributed by atoms with E-state index in [-0.39, 0.29) is 31.7 Å². The molecule has 0 spiro atoms. The number of alkyl halides is 3. The fraction of sp³-hybridized carbons (Fsp3) is 0.276. The van der Waals surface area contributed by atoms with Crippen molar-refractivity contribution in [2.45, 2.75) is 39.6 Å². The molecule has 3 aromatic carbocycles. The molecule has 0 atom stereocenters. The van der Waals surface area contributed by atoms with Gasteiger partial charge in [0.1, 0.15) is 5.75 Å². The first-order chi connectivity index (χ1) is 18.5. The van der Waals surface area contributed by atoms with Crippen molar-refractivity contribution in [2.24, 2.45) is 0 Å². The van der Waals surface area contributed by atoms with Crippen LogP contribution in [0, 0.1) is 6.92 Å². The van der Waals surface area contributed by atoms with Crippen molar-refractivity contribution in [1.82, 2.24) is 0 Å². The molecule has 206 valence electrons. The number of esters is 2. The first-order valence-corrected chi connectivity index (χ1v) is 12.1. The van der Waals surface area contributed by atoms with Crippen molar-refractivity contribution >= 4 is 23.5 Å². The van der Waals surface area contributed by atoms with Gasteiger partial charge in [-0.2, -0.15) is 0 Å². The summed E-state index contributed by atoms with van der Waals surface area (Å²) in [5, 5.41) is 0. The Labute approximate surface area is 224 Å². The molecule has 0 unspecified atom stereocenters. The van der Waals surface area contributed by atoms with Gasteiger partial charge in [0.2, 0.25) is 0 Å². The van der Waals surface area contributed by atoms with Gasteiger partial charge in [-0.05, 0) is 66.8 Å². The summed E-state index contributed by atoms with van der Waals surface area (Å²) in [5.41, 5.74) is 4.00. The zero-order valence-corrected chi connectivity index (χ0v) is 21.7. The van der Waals surface area contributed by atoms with Crippen LogP contribution in [0.5, 0.6) is 5.75 Å². The molecule has 10 heteroatoms. The number of hydrogen-bond acceptors (Lipinski definition) is 6. The lowest BCUT2D eigenvalue weighted by molar-refractivity contribution is -0.274. The van der Waals surface area contributed by atoms with Crippen molar-refractivity contribution in [1.29, 1.82) is 0 Å². The number of carbonyl (C=O) groups excluding carboxylic acids is 3. The van der Waals surface area contributed by atoms with Crippen molar-refractivity contribution in [2.75, 3.05) is 18.6 Å². The van der Waals surface area contributed by atoms with Gasteiger partial charge in [-0.25, -0.2) is 4.79 Å². The lowest BCUT2D eigenvalue weighted by Crippen LogP contribution is -2.37. The van der Waals surface area contributed by atoms with Crippen LogP contribution in [0.25, 0.3) is 11.1 Å². The number of aryl methyl sites for hydroxylation is 2. The van der Waals surface area contributed by atoms with Gasteiger partial charge in [-0.15, -0.1) is 13.2 Å². The highest BCUT2D eigenvalue weighted by molar-refractivity contribution is 6.38. The van der Waals surface area contributed by atoms with Crippen LogP contribution in [0.3, 0.4) is 0 Å². The number of anilines is 1. The molecule has 0 fully saturated rings. The highest BCUT2D eigenvalue weighted by atomic mass is 19.4. The van der Waals surface area contributed by atoms with E-state index in [0.717, 1.165) is 18.2 Å². The van der Waals surface area contributed by atoms with E-state index < -0.39 is 24.2 Å². The average Bonchev–Trinajstić information content (AvgIpc) is 2.90. The third kappa shape index (κ3) is 8.33. The maximum absolute atomic E-state index is 13.0. The minimum atomic E-state index is -4.82.